The molecule has 2 nitrogen and oxygen atoms in total. The maximum atomic E-state index is 8.87. The highest BCUT2D eigenvalue weighted by atomic mass is 35.5. The summed E-state index contributed by atoms with van der Waals surface area (Å²) >= 11 is 5.44. The topological polar surface area (TPSA) is 40.5 Å². The molecule has 2 saturated carbocycles. The van der Waals surface area contributed by atoms with E-state index in [9.17, 15) is 0 Å². The number of unbranched alkanes of at least 4 members (excludes halogenated alkanes) is 1. The quantitative estimate of drug-likeness (QED) is 0.449. The minimum atomic E-state index is 0.00257. The van der Waals surface area contributed by atoms with Crippen molar-refractivity contribution in [3.05, 3.63) is 0 Å². The van der Waals surface area contributed by atoms with Gasteiger partial charge in [0.25, 0.3) is 0 Å². The van der Waals surface area contributed by atoms with Gasteiger partial charge in [0.1, 0.15) is 0 Å². The van der Waals surface area contributed by atoms with Gasteiger partial charge in [-0.2, -0.15) is 0 Å². The zero-order valence-corrected chi connectivity index (χ0v) is 13.1. The molecule has 0 bridgehead atoms. The van der Waals surface area contributed by atoms with E-state index in [-0.39, 0.29) is 12.2 Å². The molecule has 0 aliphatic heterocycles. The van der Waals surface area contributed by atoms with Crippen LogP contribution >= 0.6 is 11.6 Å². The van der Waals surface area contributed by atoms with E-state index < -0.39 is 0 Å². The van der Waals surface area contributed by atoms with Crippen molar-refractivity contribution in [2.24, 2.45) is 11.8 Å². The molecule has 3 heteroatoms. The van der Waals surface area contributed by atoms with Gasteiger partial charge in [0.15, 0.2) is 0 Å². The Balaban J connectivity index is 0.000000304. The average Bonchev–Trinajstić information content (AvgIpc) is 3.30. The van der Waals surface area contributed by atoms with Crippen molar-refractivity contribution < 1.29 is 10.2 Å². The first-order chi connectivity index (χ1) is 9.60. The zero-order valence-electron chi connectivity index (χ0n) is 12.4. The van der Waals surface area contributed by atoms with Crippen molar-refractivity contribution in [1.29, 1.82) is 0 Å². The Morgan fingerprint density at radius 2 is 1.45 bits per heavy atom. The monoisotopic (exact) mass is 298 g/mol. The number of hydrogen-bond acceptors (Lipinski definition) is 2. The van der Waals surface area contributed by atoms with Gasteiger partial charge in [-0.15, -0.1) is 36.3 Å². The highest BCUT2D eigenvalue weighted by Crippen LogP contribution is 2.34. The molecule has 0 radical (unpaired) electrons. The second-order valence-corrected chi connectivity index (χ2v) is 5.72. The van der Waals surface area contributed by atoms with Crippen LogP contribution in [0.2, 0.25) is 0 Å². The zero-order chi connectivity index (χ0) is 15.4. The number of halogens is 1. The Bertz CT molecular complexity index is 316. The third-order valence-corrected chi connectivity index (χ3v) is 3.64. The third kappa shape index (κ3) is 11.2. The van der Waals surface area contributed by atoms with Gasteiger partial charge in [-0.1, -0.05) is 0 Å². The van der Waals surface area contributed by atoms with Crippen LogP contribution in [0.15, 0.2) is 0 Å². The molecular formula is C17H27ClO2. The van der Waals surface area contributed by atoms with Crippen LogP contribution in [-0.4, -0.2) is 28.3 Å². The Kier molecular flexibility index (Phi) is 11.7. The van der Waals surface area contributed by atoms with Crippen molar-refractivity contribution in [2.75, 3.05) is 5.88 Å². The summed E-state index contributed by atoms with van der Waals surface area (Å²) in [5.74, 6) is 6.75. The van der Waals surface area contributed by atoms with E-state index in [0.29, 0.717) is 11.8 Å². The molecule has 4 unspecified atom stereocenters. The fraction of sp³-hybridized carbons (Fsp3) is 0.765. The molecule has 0 aromatic carbocycles. The molecule has 2 aliphatic rings. The lowest BCUT2D eigenvalue weighted by Gasteiger charge is -1.90. The molecular weight excluding hydrogens is 272 g/mol. The van der Waals surface area contributed by atoms with Crippen molar-refractivity contribution in [1.82, 2.24) is 0 Å². The summed E-state index contributed by atoms with van der Waals surface area (Å²) in [4.78, 5) is 0. The van der Waals surface area contributed by atoms with Crippen LogP contribution in [0, 0.1) is 36.5 Å². The Hall–Kier alpha value is -0.670. The minimum absolute atomic E-state index is 0.00257. The van der Waals surface area contributed by atoms with E-state index >= 15 is 0 Å². The van der Waals surface area contributed by atoms with E-state index in [1.54, 1.807) is 6.92 Å². The van der Waals surface area contributed by atoms with Gasteiger partial charge in [-0.3, -0.25) is 0 Å². The molecule has 0 aromatic heterocycles. The summed E-state index contributed by atoms with van der Waals surface area (Å²) in [5, 5.41) is 17.7. The summed E-state index contributed by atoms with van der Waals surface area (Å²) < 4.78 is 0. The van der Waals surface area contributed by atoms with E-state index in [2.05, 4.69) is 18.3 Å². The smallest absolute Gasteiger partial charge is 0.0573 e. The SMILES string of the molecule is C#CC.C#CCCCC1CC1O.OC1CC1CCCCl. The van der Waals surface area contributed by atoms with E-state index in [4.69, 9.17) is 28.2 Å². The number of rotatable bonds is 6. The highest BCUT2D eigenvalue weighted by Gasteiger charge is 2.34. The van der Waals surface area contributed by atoms with Crippen LogP contribution in [0.4, 0.5) is 0 Å². The van der Waals surface area contributed by atoms with Crippen LogP contribution in [0.25, 0.3) is 0 Å². The maximum Gasteiger partial charge on any atom is 0.0573 e. The maximum absolute atomic E-state index is 8.87. The molecule has 0 heterocycles. The van der Waals surface area contributed by atoms with Gasteiger partial charge in [-0.05, 0) is 57.3 Å². The standard InChI is InChI=1S/C8H12O.C6H11ClO.C3H4/c1-2-3-4-5-7-6-8(7)9;7-3-1-2-5-4-6(5)8;1-3-2/h1,7-9H,3-6H2;5-6,8H,1-4H2;1H,2H3. The number of aliphatic hydroxyl groups excluding tert-OH is 2. The highest BCUT2D eigenvalue weighted by molar-refractivity contribution is 6.17. The molecule has 2 N–H and O–H groups in total. The molecule has 0 saturated heterocycles. The van der Waals surface area contributed by atoms with E-state index in [1.807, 2.05) is 0 Å². The molecule has 2 aliphatic carbocycles. The van der Waals surface area contributed by atoms with Crippen LogP contribution in [0.5, 0.6) is 0 Å². The fourth-order valence-corrected chi connectivity index (χ4v) is 2.04. The van der Waals surface area contributed by atoms with Crippen LogP contribution in [-0.2, 0) is 0 Å². The first-order valence-corrected chi connectivity index (χ1v) is 7.87. The van der Waals surface area contributed by atoms with Crippen LogP contribution < -0.4 is 0 Å². The number of alkyl halides is 1. The van der Waals surface area contributed by atoms with Crippen molar-refractivity contribution >= 4 is 11.6 Å². The Morgan fingerprint density at radius 1 is 1.05 bits per heavy atom. The van der Waals surface area contributed by atoms with Gasteiger partial charge in [0.2, 0.25) is 0 Å². The molecule has 0 spiro atoms. The lowest BCUT2D eigenvalue weighted by molar-refractivity contribution is 0.256. The summed E-state index contributed by atoms with van der Waals surface area (Å²) in [6.07, 6.45) is 16.9. The third-order valence-electron chi connectivity index (χ3n) is 3.38. The van der Waals surface area contributed by atoms with Gasteiger partial charge in [-0.25, -0.2) is 0 Å². The normalized spacial score (nSPS) is 28.7. The summed E-state index contributed by atoms with van der Waals surface area (Å²) in [5.41, 5.74) is 0. The molecule has 2 rings (SSSR count). The first kappa shape index (κ1) is 19.3. The van der Waals surface area contributed by atoms with Crippen molar-refractivity contribution in [3.8, 4) is 24.7 Å². The molecule has 0 amide bonds. The number of terminal acetylenes is 2. The Morgan fingerprint density at radius 3 is 1.75 bits per heavy atom. The largest absolute Gasteiger partial charge is 0.393 e. The van der Waals surface area contributed by atoms with Crippen LogP contribution in [0.3, 0.4) is 0 Å². The van der Waals surface area contributed by atoms with E-state index in [1.165, 1.54) is 0 Å². The summed E-state index contributed by atoms with van der Waals surface area (Å²) in [6, 6.07) is 0. The van der Waals surface area contributed by atoms with Gasteiger partial charge >= 0.3 is 0 Å². The number of aliphatic hydroxyl groups is 2. The molecule has 114 valence electrons. The summed E-state index contributed by atoms with van der Waals surface area (Å²) in [6.45, 7) is 1.65. The second kappa shape index (κ2) is 12.1. The lowest BCUT2D eigenvalue weighted by atomic mass is 10.2. The van der Waals surface area contributed by atoms with Crippen LogP contribution in [0.1, 0.15) is 51.9 Å². The first-order valence-electron chi connectivity index (χ1n) is 7.33. The molecule has 0 aromatic rings. The summed E-state index contributed by atoms with van der Waals surface area (Å²) in [7, 11) is 0. The van der Waals surface area contributed by atoms with E-state index in [0.717, 1.165) is 50.8 Å². The lowest BCUT2D eigenvalue weighted by Crippen LogP contribution is -1.85. The second-order valence-electron chi connectivity index (χ2n) is 5.34. The average molecular weight is 299 g/mol. The molecule has 4 atom stereocenters. The number of hydrogen-bond donors (Lipinski definition) is 2. The predicted molar refractivity (Wildman–Crippen MR) is 85.4 cm³/mol. The van der Waals surface area contributed by atoms with Crippen molar-refractivity contribution in [2.45, 2.75) is 64.1 Å². The van der Waals surface area contributed by atoms with Gasteiger partial charge in [0, 0.05) is 12.3 Å². The fourth-order valence-electron chi connectivity index (χ4n) is 1.89. The molecule has 20 heavy (non-hydrogen) atoms. The predicted octanol–water partition coefficient (Wildman–Crippen LogP) is 3.20. The van der Waals surface area contributed by atoms with Gasteiger partial charge in [0.05, 0.1) is 12.2 Å². The van der Waals surface area contributed by atoms with Gasteiger partial charge < -0.3 is 10.2 Å². The Labute approximate surface area is 128 Å². The molecule has 2 fully saturated rings. The van der Waals surface area contributed by atoms with Crippen molar-refractivity contribution in [3.63, 3.8) is 0 Å². The minimum Gasteiger partial charge on any atom is -0.393 e.